The molecule has 0 radical (unpaired) electrons. The number of furan rings is 1. The van der Waals surface area contributed by atoms with E-state index in [2.05, 4.69) is 23.1 Å². The topological polar surface area (TPSA) is 58.9 Å². The maximum absolute atomic E-state index is 11.5. The molecule has 0 saturated carbocycles. The lowest BCUT2D eigenvalue weighted by Crippen LogP contribution is -2.06. The molecule has 0 amide bonds. The van der Waals surface area contributed by atoms with Gasteiger partial charge < -0.3 is 9.40 Å². The second-order valence-electron chi connectivity index (χ2n) is 4.74. The second-order valence-corrected chi connectivity index (χ2v) is 4.74. The van der Waals surface area contributed by atoms with Crippen LogP contribution < -0.4 is 5.56 Å². The molecule has 0 spiro atoms. The van der Waals surface area contributed by atoms with E-state index in [1.54, 1.807) is 12.2 Å². The van der Waals surface area contributed by atoms with Crippen molar-refractivity contribution < 1.29 is 4.42 Å². The minimum atomic E-state index is -0.222. The van der Waals surface area contributed by atoms with Gasteiger partial charge in [0.2, 0.25) is 0 Å². The first-order chi connectivity index (χ1) is 10.1. The van der Waals surface area contributed by atoms with Crippen LogP contribution in [-0.4, -0.2) is 9.97 Å². The van der Waals surface area contributed by atoms with Crippen LogP contribution in [0.4, 0.5) is 0 Å². The summed E-state index contributed by atoms with van der Waals surface area (Å²) >= 11 is 0. The van der Waals surface area contributed by atoms with Crippen molar-refractivity contribution in [2.75, 3.05) is 0 Å². The summed E-state index contributed by atoms with van der Waals surface area (Å²) in [5, 5.41) is 0. The molecule has 1 N–H and O–H groups in total. The van der Waals surface area contributed by atoms with Gasteiger partial charge in [0.05, 0.1) is 17.2 Å². The van der Waals surface area contributed by atoms with Gasteiger partial charge in [-0.15, -0.1) is 0 Å². The molecule has 0 saturated heterocycles. The number of H-pyrrole nitrogens is 1. The van der Waals surface area contributed by atoms with Gasteiger partial charge in [-0.3, -0.25) is 4.79 Å². The molecule has 0 unspecified atom stereocenters. The Morgan fingerprint density at radius 1 is 1.29 bits per heavy atom. The third-order valence-corrected chi connectivity index (χ3v) is 3.41. The molecule has 0 aliphatic rings. The van der Waals surface area contributed by atoms with Crippen molar-refractivity contribution in [3.63, 3.8) is 0 Å². The van der Waals surface area contributed by atoms with Crippen LogP contribution in [-0.2, 0) is 0 Å². The predicted octanol–water partition coefficient (Wildman–Crippen LogP) is 3.78. The number of fused-ring (bicyclic) bond motifs is 1. The molecule has 21 heavy (non-hydrogen) atoms. The van der Waals surface area contributed by atoms with Gasteiger partial charge in [-0.05, 0) is 30.7 Å². The third-order valence-electron chi connectivity index (χ3n) is 3.41. The minimum absolute atomic E-state index is 0.222. The Balaban J connectivity index is 2.33. The average molecular weight is 278 g/mol. The Bertz CT molecular complexity index is 891. The van der Waals surface area contributed by atoms with Gasteiger partial charge in [-0.2, -0.15) is 0 Å². The second kappa shape index (κ2) is 4.90. The highest BCUT2D eigenvalue weighted by molar-refractivity contribution is 5.92. The molecule has 0 aliphatic carbocycles. The maximum atomic E-state index is 11.5. The lowest BCUT2D eigenvalue weighted by Gasteiger charge is -2.05. The van der Waals surface area contributed by atoms with Gasteiger partial charge in [-0.25, -0.2) is 4.98 Å². The zero-order valence-corrected chi connectivity index (χ0v) is 11.6. The molecule has 0 aliphatic heterocycles. The number of aromatic nitrogens is 2. The summed E-state index contributed by atoms with van der Waals surface area (Å²) in [5.74, 6) is 1.34. The third kappa shape index (κ3) is 2.10. The summed E-state index contributed by atoms with van der Waals surface area (Å²) < 4.78 is 5.80. The number of aromatic amines is 1. The molecule has 2 heterocycles. The molecule has 3 aromatic rings. The first-order valence-corrected chi connectivity index (χ1v) is 6.51. The lowest BCUT2D eigenvalue weighted by atomic mass is 10.1. The molecule has 0 atom stereocenters. The summed E-state index contributed by atoms with van der Waals surface area (Å²) in [6.07, 6.45) is 4.64. The molecule has 3 rings (SSSR count). The van der Waals surface area contributed by atoms with Crippen molar-refractivity contribution in [1.82, 2.24) is 9.97 Å². The number of aryl methyl sites for hydroxylation is 1. The summed E-state index contributed by atoms with van der Waals surface area (Å²) in [4.78, 5) is 18.5. The first kappa shape index (κ1) is 13.1. The summed E-state index contributed by atoms with van der Waals surface area (Å²) in [6.45, 7) is 9.42. The normalized spacial score (nSPS) is 10.7. The van der Waals surface area contributed by atoms with Gasteiger partial charge in [0.25, 0.3) is 5.56 Å². The summed E-state index contributed by atoms with van der Waals surface area (Å²) in [5.41, 5.74) is 3.85. The number of nitrogens with zero attached hydrogens (tertiary/aromatic N) is 1. The highest BCUT2D eigenvalue weighted by Crippen LogP contribution is 2.31. The van der Waals surface area contributed by atoms with Crippen molar-refractivity contribution in [3.05, 3.63) is 64.8 Å². The maximum Gasteiger partial charge on any atom is 0.266 e. The van der Waals surface area contributed by atoms with Gasteiger partial charge in [0, 0.05) is 11.1 Å². The summed E-state index contributed by atoms with van der Waals surface area (Å²) in [6, 6.07) is 5.75. The highest BCUT2D eigenvalue weighted by atomic mass is 16.3. The first-order valence-electron chi connectivity index (χ1n) is 6.51. The fraction of sp³-hybridized carbons (Fsp3) is 0.0588. The number of rotatable bonds is 3. The Labute approximate surface area is 121 Å². The zero-order valence-electron chi connectivity index (χ0n) is 11.6. The fourth-order valence-corrected chi connectivity index (χ4v) is 2.33. The van der Waals surface area contributed by atoms with E-state index >= 15 is 0 Å². The number of nitrogens with one attached hydrogen (secondary N) is 1. The van der Waals surface area contributed by atoms with E-state index < -0.39 is 0 Å². The van der Waals surface area contributed by atoms with E-state index in [0.717, 1.165) is 22.2 Å². The fourth-order valence-electron chi connectivity index (χ4n) is 2.33. The van der Waals surface area contributed by atoms with E-state index in [9.17, 15) is 4.79 Å². The van der Waals surface area contributed by atoms with Crippen LogP contribution >= 0.6 is 0 Å². The van der Waals surface area contributed by atoms with Crippen molar-refractivity contribution in [2.45, 2.75) is 6.92 Å². The molecular weight excluding hydrogens is 264 g/mol. The molecule has 0 fully saturated rings. The van der Waals surface area contributed by atoms with Crippen LogP contribution in [0.1, 0.15) is 16.9 Å². The molecule has 2 aromatic heterocycles. The molecule has 4 heteroatoms. The Morgan fingerprint density at radius 2 is 2.10 bits per heavy atom. The minimum Gasteiger partial charge on any atom is -0.456 e. The highest BCUT2D eigenvalue weighted by Gasteiger charge is 2.13. The largest absolute Gasteiger partial charge is 0.456 e. The Hall–Kier alpha value is -2.88. The van der Waals surface area contributed by atoms with Gasteiger partial charge in [0.15, 0.2) is 0 Å². The van der Waals surface area contributed by atoms with E-state index in [-0.39, 0.29) is 5.56 Å². The monoisotopic (exact) mass is 278 g/mol. The predicted molar refractivity (Wildman–Crippen MR) is 85.0 cm³/mol. The van der Waals surface area contributed by atoms with E-state index in [1.165, 1.54) is 6.20 Å². The quantitative estimate of drug-likeness (QED) is 0.793. The number of hydrogen-bond acceptors (Lipinski definition) is 3. The van der Waals surface area contributed by atoms with E-state index in [0.29, 0.717) is 17.0 Å². The van der Waals surface area contributed by atoms with Crippen LogP contribution in [0.25, 0.3) is 34.5 Å². The van der Waals surface area contributed by atoms with Gasteiger partial charge >= 0.3 is 0 Å². The van der Waals surface area contributed by atoms with E-state index in [1.807, 2.05) is 25.1 Å². The summed E-state index contributed by atoms with van der Waals surface area (Å²) in [7, 11) is 0. The Morgan fingerprint density at radius 3 is 2.76 bits per heavy atom. The van der Waals surface area contributed by atoms with Crippen molar-refractivity contribution >= 4 is 23.2 Å². The van der Waals surface area contributed by atoms with E-state index in [4.69, 9.17) is 4.42 Å². The van der Waals surface area contributed by atoms with Crippen LogP contribution in [0.5, 0.6) is 0 Å². The standard InChI is InChI=1S/C17H14N2O2/c1-4-11-8-14(21-13(11)5-2)12-7-6-10(3)16-17(12)18-9-15(20)19-16/h4-9H,1-2H2,3H3,(H,19,20). The van der Waals surface area contributed by atoms with Gasteiger partial charge in [0.1, 0.15) is 11.5 Å². The smallest absolute Gasteiger partial charge is 0.266 e. The van der Waals surface area contributed by atoms with Crippen molar-refractivity contribution in [2.24, 2.45) is 0 Å². The van der Waals surface area contributed by atoms with Crippen LogP contribution in [0, 0.1) is 6.92 Å². The Kier molecular flexibility index (Phi) is 3.06. The number of benzene rings is 1. The SMILES string of the molecule is C=Cc1cc(-c2ccc(C)c3[nH]c(=O)cnc23)oc1C=C. The molecule has 4 nitrogen and oxygen atoms in total. The average Bonchev–Trinajstić information content (AvgIpc) is 2.91. The molecule has 104 valence electrons. The lowest BCUT2D eigenvalue weighted by molar-refractivity contribution is 0.571. The van der Waals surface area contributed by atoms with Crippen LogP contribution in [0.15, 0.2) is 46.8 Å². The zero-order chi connectivity index (χ0) is 15.0. The number of hydrogen-bond donors (Lipinski definition) is 1. The van der Waals surface area contributed by atoms with Gasteiger partial charge in [-0.1, -0.05) is 25.3 Å². The van der Waals surface area contributed by atoms with Crippen molar-refractivity contribution in [1.29, 1.82) is 0 Å². The van der Waals surface area contributed by atoms with Crippen LogP contribution in [0.3, 0.4) is 0 Å². The van der Waals surface area contributed by atoms with Crippen LogP contribution in [0.2, 0.25) is 0 Å². The molecular formula is C17H14N2O2. The molecule has 1 aromatic carbocycles. The van der Waals surface area contributed by atoms with Crippen molar-refractivity contribution in [3.8, 4) is 11.3 Å². The molecule has 0 bridgehead atoms.